The Hall–Kier alpha value is -2.29. The first kappa shape index (κ1) is 17.1. The summed E-state index contributed by atoms with van der Waals surface area (Å²) >= 11 is 0. The largest absolute Gasteiger partial charge is 0.457 e. The molecule has 2 rings (SSSR count). The maximum atomic E-state index is 12.1. The van der Waals surface area contributed by atoms with Crippen LogP contribution in [-0.4, -0.2) is 11.9 Å². The lowest BCUT2D eigenvalue weighted by atomic mass is 9.98. The van der Waals surface area contributed by atoms with E-state index < -0.39 is 0 Å². The van der Waals surface area contributed by atoms with E-state index in [0.29, 0.717) is 17.2 Å². The van der Waals surface area contributed by atoms with Gasteiger partial charge in [0.1, 0.15) is 11.5 Å². The molecule has 1 unspecified atom stereocenters. The molecule has 0 aliphatic rings. The summed E-state index contributed by atoms with van der Waals surface area (Å²) in [5.74, 6) is 1.87. The van der Waals surface area contributed by atoms with Crippen molar-refractivity contribution in [1.29, 1.82) is 0 Å². The summed E-state index contributed by atoms with van der Waals surface area (Å²) < 4.78 is 6.05. The summed E-state index contributed by atoms with van der Waals surface area (Å²) in [5.41, 5.74) is 1.80. The van der Waals surface area contributed by atoms with Crippen LogP contribution >= 0.6 is 0 Å². The van der Waals surface area contributed by atoms with Crippen LogP contribution in [0.25, 0.3) is 0 Å². The van der Waals surface area contributed by atoms with Crippen LogP contribution in [0.1, 0.15) is 56.0 Å². The van der Waals surface area contributed by atoms with E-state index in [4.69, 9.17) is 4.74 Å². The van der Waals surface area contributed by atoms with Crippen molar-refractivity contribution >= 4 is 5.91 Å². The van der Waals surface area contributed by atoms with Gasteiger partial charge in [0.05, 0.1) is 0 Å². The highest BCUT2D eigenvalue weighted by Crippen LogP contribution is 2.32. The average Bonchev–Trinajstić information content (AvgIpc) is 2.54. The highest BCUT2D eigenvalue weighted by atomic mass is 16.5. The number of carbonyl (C=O) groups is 1. The molecule has 0 aromatic heterocycles. The van der Waals surface area contributed by atoms with Crippen LogP contribution in [0.5, 0.6) is 11.5 Å². The first-order valence-corrected chi connectivity index (χ1v) is 8.19. The van der Waals surface area contributed by atoms with Gasteiger partial charge in [-0.25, -0.2) is 0 Å². The topological polar surface area (TPSA) is 38.3 Å². The Balaban J connectivity index is 2.23. The van der Waals surface area contributed by atoms with Crippen LogP contribution in [-0.2, 0) is 0 Å². The normalized spacial score (nSPS) is 12.0. The van der Waals surface area contributed by atoms with Crippen molar-refractivity contribution in [3.05, 3.63) is 59.7 Å². The molecule has 3 nitrogen and oxygen atoms in total. The van der Waals surface area contributed by atoms with Crippen molar-refractivity contribution in [3.63, 3.8) is 0 Å². The minimum Gasteiger partial charge on any atom is -0.457 e. The van der Waals surface area contributed by atoms with Crippen molar-refractivity contribution < 1.29 is 9.53 Å². The van der Waals surface area contributed by atoms with Crippen LogP contribution in [0.4, 0.5) is 0 Å². The maximum absolute atomic E-state index is 12.1. The second-order valence-corrected chi connectivity index (χ2v) is 6.11. The second-order valence-electron chi connectivity index (χ2n) is 6.11. The summed E-state index contributed by atoms with van der Waals surface area (Å²) in [6, 6.07) is 15.5. The Kier molecular flexibility index (Phi) is 5.80. The van der Waals surface area contributed by atoms with Gasteiger partial charge in [0.15, 0.2) is 0 Å². The Bertz CT molecular complexity index is 664. The van der Waals surface area contributed by atoms with Crippen LogP contribution in [0.2, 0.25) is 0 Å². The van der Waals surface area contributed by atoms with Gasteiger partial charge in [-0.3, -0.25) is 4.79 Å². The van der Waals surface area contributed by atoms with Gasteiger partial charge in [-0.1, -0.05) is 38.1 Å². The smallest absolute Gasteiger partial charge is 0.251 e. The standard InChI is InChI=1S/C20H25NO2/c1-5-15(4)18-11-6-7-12-19(18)23-17-10-8-9-16(13-17)20(22)21-14(2)3/h6-15H,5H2,1-4H3,(H,21,22). The van der Waals surface area contributed by atoms with Gasteiger partial charge in [-0.15, -0.1) is 0 Å². The van der Waals surface area contributed by atoms with Gasteiger partial charge in [-0.2, -0.15) is 0 Å². The Labute approximate surface area is 138 Å². The third-order valence-corrected chi connectivity index (χ3v) is 3.81. The second kappa shape index (κ2) is 7.82. The van der Waals surface area contributed by atoms with Crippen molar-refractivity contribution in [2.75, 3.05) is 0 Å². The number of rotatable bonds is 6. The lowest BCUT2D eigenvalue weighted by molar-refractivity contribution is 0.0943. The van der Waals surface area contributed by atoms with Gasteiger partial charge >= 0.3 is 0 Å². The molecule has 23 heavy (non-hydrogen) atoms. The number of ether oxygens (including phenoxy) is 1. The summed E-state index contributed by atoms with van der Waals surface area (Å²) in [6.07, 6.45) is 1.05. The summed E-state index contributed by atoms with van der Waals surface area (Å²) in [6.45, 7) is 8.24. The van der Waals surface area contributed by atoms with Crippen LogP contribution in [0.3, 0.4) is 0 Å². The molecule has 0 aliphatic carbocycles. The van der Waals surface area contributed by atoms with Crippen LogP contribution < -0.4 is 10.1 Å². The van der Waals surface area contributed by atoms with E-state index in [1.54, 1.807) is 12.1 Å². The van der Waals surface area contributed by atoms with Gasteiger partial charge in [0.25, 0.3) is 5.91 Å². The zero-order valence-electron chi connectivity index (χ0n) is 14.3. The van der Waals surface area contributed by atoms with Crippen molar-refractivity contribution in [2.45, 2.75) is 46.1 Å². The molecule has 0 saturated carbocycles. The predicted molar refractivity (Wildman–Crippen MR) is 94.3 cm³/mol. The molecule has 0 radical (unpaired) electrons. The minimum absolute atomic E-state index is 0.0827. The highest BCUT2D eigenvalue weighted by Gasteiger charge is 2.12. The van der Waals surface area contributed by atoms with Crippen LogP contribution in [0.15, 0.2) is 48.5 Å². The maximum Gasteiger partial charge on any atom is 0.251 e. The summed E-state index contributed by atoms with van der Waals surface area (Å²) in [7, 11) is 0. The Morgan fingerprint density at radius 2 is 1.83 bits per heavy atom. The number of benzene rings is 2. The molecule has 1 amide bonds. The predicted octanol–water partition coefficient (Wildman–Crippen LogP) is 5.13. The first-order valence-electron chi connectivity index (χ1n) is 8.19. The fraction of sp³-hybridized carbons (Fsp3) is 0.350. The van der Waals surface area contributed by atoms with E-state index >= 15 is 0 Å². The van der Waals surface area contributed by atoms with Crippen molar-refractivity contribution in [3.8, 4) is 11.5 Å². The molecule has 0 fully saturated rings. The third-order valence-electron chi connectivity index (χ3n) is 3.81. The van der Waals surface area contributed by atoms with E-state index in [9.17, 15) is 4.79 Å². The molecular weight excluding hydrogens is 286 g/mol. The van der Waals surface area contributed by atoms with Crippen molar-refractivity contribution in [2.24, 2.45) is 0 Å². The molecule has 1 N–H and O–H groups in total. The van der Waals surface area contributed by atoms with Gasteiger partial charge in [-0.05, 0) is 56.0 Å². The fourth-order valence-corrected chi connectivity index (χ4v) is 2.37. The lowest BCUT2D eigenvalue weighted by Crippen LogP contribution is -2.29. The van der Waals surface area contributed by atoms with Crippen molar-refractivity contribution in [1.82, 2.24) is 5.32 Å². The molecule has 0 aliphatic heterocycles. The number of nitrogens with one attached hydrogen (secondary N) is 1. The Morgan fingerprint density at radius 1 is 1.09 bits per heavy atom. The number of hydrogen-bond acceptors (Lipinski definition) is 2. The van der Waals surface area contributed by atoms with Gasteiger partial charge < -0.3 is 10.1 Å². The number of carbonyl (C=O) groups excluding carboxylic acids is 1. The van der Waals surface area contributed by atoms with Gasteiger partial charge in [0, 0.05) is 11.6 Å². The third kappa shape index (κ3) is 4.59. The zero-order chi connectivity index (χ0) is 16.8. The van der Waals surface area contributed by atoms with E-state index in [-0.39, 0.29) is 11.9 Å². The summed E-state index contributed by atoms with van der Waals surface area (Å²) in [4.78, 5) is 12.1. The molecule has 0 spiro atoms. The first-order chi connectivity index (χ1) is 11.0. The number of para-hydroxylation sites is 1. The van der Waals surface area contributed by atoms with Crippen LogP contribution in [0, 0.1) is 0 Å². The number of hydrogen-bond donors (Lipinski definition) is 1. The molecule has 0 saturated heterocycles. The SMILES string of the molecule is CCC(C)c1ccccc1Oc1cccc(C(=O)NC(C)C)c1. The zero-order valence-corrected chi connectivity index (χ0v) is 14.3. The fourth-order valence-electron chi connectivity index (χ4n) is 2.37. The quantitative estimate of drug-likeness (QED) is 0.803. The highest BCUT2D eigenvalue weighted by molar-refractivity contribution is 5.94. The summed E-state index contributed by atoms with van der Waals surface area (Å²) in [5, 5.41) is 2.89. The molecule has 1 atom stereocenters. The molecular formula is C20H25NO2. The van der Waals surface area contributed by atoms with E-state index in [1.165, 1.54) is 5.56 Å². The molecule has 0 bridgehead atoms. The molecule has 0 heterocycles. The number of amides is 1. The molecule has 122 valence electrons. The molecule has 2 aromatic carbocycles. The monoisotopic (exact) mass is 311 g/mol. The van der Waals surface area contributed by atoms with Gasteiger partial charge in [0.2, 0.25) is 0 Å². The average molecular weight is 311 g/mol. The van der Waals surface area contributed by atoms with E-state index in [1.807, 2.05) is 44.2 Å². The van der Waals surface area contributed by atoms with E-state index in [2.05, 4.69) is 25.2 Å². The Morgan fingerprint density at radius 3 is 2.52 bits per heavy atom. The molecule has 2 aromatic rings. The molecule has 3 heteroatoms. The lowest BCUT2D eigenvalue weighted by Gasteiger charge is -2.16. The minimum atomic E-state index is -0.0827. The van der Waals surface area contributed by atoms with E-state index in [0.717, 1.165) is 12.2 Å².